The van der Waals surface area contributed by atoms with E-state index in [9.17, 15) is 0 Å². The molecule has 5 heteroatoms. The Labute approximate surface area is 151 Å². The first-order valence-electron chi connectivity index (χ1n) is 9.14. The van der Waals surface area contributed by atoms with Crippen LogP contribution in [0, 0.1) is 0 Å². The highest BCUT2D eigenvalue weighted by Crippen LogP contribution is 2.39. The third-order valence-electron chi connectivity index (χ3n) is 4.20. The first kappa shape index (κ1) is 19.3. The van der Waals surface area contributed by atoms with Crippen LogP contribution in [0.15, 0.2) is 24.4 Å². The summed E-state index contributed by atoms with van der Waals surface area (Å²) in [5, 5.41) is 7.93. The molecule has 2 N–H and O–H groups in total. The molecule has 0 amide bonds. The van der Waals surface area contributed by atoms with Crippen molar-refractivity contribution in [2.24, 2.45) is 0 Å². The van der Waals surface area contributed by atoms with Gasteiger partial charge in [0, 0.05) is 30.2 Å². The lowest BCUT2D eigenvalue weighted by Gasteiger charge is -2.15. The Morgan fingerprint density at radius 1 is 1.04 bits per heavy atom. The van der Waals surface area contributed by atoms with Crippen LogP contribution >= 0.6 is 0 Å². The zero-order chi connectivity index (χ0) is 18.1. The van der Waals surface area contributed by atoms with Gasteiger partial charge < -0.3 is 20.1 Å². The lowest BCUT2D eigenvalue weighted by Crippen LogP contribution is -2.23. The number of pyridine rings is 1. The van der Waals surface area contributed by atoms with Crippen molar-refractivity contribution in [3.05, 3.63) is 24.4 Å². The molecule has 138 valence electrons. The van der Waals surface area contributed by atoms with Gasteiger partial charge in [0.1, 0.15) is 0 Å². The van der Waals surface area contributed by atoms with Crippen molar-refractivity contribution < 1.29 is 9.47 Å². The van der Waals surface area contributed by atoms with Crippen LogP contribution in [-0.4, -0.2) is 38.3 Å². The van der Waals surface area contributed by atoms with Crippen LogP contribution in [0.2, 0.25) is 0 Å². The smallest absolute Gasteiger partial charge is 0.170 e. The Hall–Kier alpha value is -2.01. The molecule has 0 unspecified atom stereocenters. The summed E-state index contributed by atoms with van der Waals surface area (Å²) in [5.74, 6) is 1.46. The van der Waals surface area contributed by atoms with E-state index >= 15 is 0 Å². The molecule has 0 bridgehead atoms. The largest absolute Gasteiger partial charge is 0.493 e. The molecular formula is C20H31N3O2. The van der Waals surface area contributed by atoms with Gasteiger partial charge in [-0.15, -0.1) is 0 Å². The summed E-state index contributed by atoms with van der Waals surface area (Å²) in [4.78, 5) is 4.51. The molecule has 0 aliphatic heterocycles. The number of unbranched alkanes of at least 4 members (excludes halogenated alkanes) is 3. The lowest BCUT2D eigenvalue weighted by atomic mass is 10.1. The van der Waals surface area contributed by atoms with Crippen molar-refractivity contribution >= 4 is 16.6 Å². The monoisotopic (exact) mass is 345 g/mol. The molecule has 0 spiro atoms. The first-order chi connectivity index (χ1) is 12.2. The van der Waals surface area contributed by atoms with Crippen molar-refractivity contribution in [1.29, 1.82) is 0 Å². The number of hydrogen-bond donors (Lipinski definition) is 2. The van der Waals surface area contributed by atoms with Gasteiger partial charge in [-0.05, 0) is 31.5 Å². The minimum atomic E-state index is 0.576. The van der Waals surface area contributed by atoms with Gasteiger partial charge in [-0.1, -0.05) is 26.7 Å². The lowest BCUT2D eigenvalue weighted by molar-refractivity contribution is 0.358. The topological polar surface area (TPSA) is 55.4 Å². The molecule has 0 fully saturated rings. The molecule has 2 aromatic rings. The number of ether oxygens (including phenoxy) is 2. The number of anilines is 1. The van der Waals surface area contributed by atoms with Crippen LogP contribution in [0.3, 0.4) is 0 Å². The fraction of sp³-hybridized carbons (Fsp3) is 0.550. The molecule has 0 radical (unpaired) electrons. The van der Waals surface area contributed by atoms with E-state index in [1.165, 1.54) is 19.3 Å². The van der Waals surface area contributed by atoms with Gasteiger partial charge in [0.25, 0.3) is 0 Å². The van der Waals surface area contributed by atoms with Gasteiger partial charge in [0.15, 0.2) is 11.5 Å². The summed E-state index contributed by atoms with van der Waals surface area (Å²) < 4.78 is 11.0. The third kappa shape index (κ3) is 5.49. The highest BCUT2D eigenvalue weighted by atomic mass is 16.5. The summed E-state index contributed by atoms with van der Waals surface area (Å²) in [7, 11) is 3.32. The van der Waals surface area contributed by atoms with Gasteiger partial charge in [-0.25, -0.2) is 0 Å². The van der Waals surface area contributed by atoms with Crippen LogP contribution in [0.4, 0.5) is 5.69 Å². The molecule has 25 heavy (non-hydrogen) atoms. The average Bonchev–Trinajstić information content (AvgIpc) is 2.62. The minimum absolute atomic E-state index is 0.576. The predicted octanol–water partition coefficient (Wildman–Crippen LogP) is 4.22. The number of aromatic nitrogens is 1. The Balaban J connectivity index is 1.91. The summed E-state index contributed by atoms with van der Waals surface area (Å²) >= 11 is 0. The molecule has 0 saturated carbocycles. The fourth-order valence-electron chi connectivity index (χ4n) is 2.92. The highest BCUT2D eigenvalue weighted by molar-refractivity contribution is 5.97. The Morgan fingerprint density at radius 2 is 1.80 bits per heavy atom. The highest BCUT2D eigenvalue weighted by Gasteiger charge is 2.13. The molecule has 2 rings (SSSR count). The number of fused-ring (bicyclic) bond motifs is 1. The van der Waals surface area contributed by atoms with E-state index in [0.717, 1.165) is 47.6 Å². The van der Waals surface area contributed by atoms with Crippen LogP contribution in [0.1, 0.15) is 39.5 Å². The van der Waals surface area contributed by atoms with Crippen LogP contribution in [-0.2, 0) is 0 Å². The number of benzene rings is 1. The van der Waals surface area contributed by atoms with E-state index in [2.05, 4.69) is 29.5 Å². The van der Waals surface area contributed by atoms with Crippen LogP contribution in [0.5, 0.6) is 11.5 Å². The SMILES string of the molecule is COc1cc(NCCCCCCNC(C)C)c2ncccc2c1OC. The van der Waals surface area contributed by atoms with Crippen molar-refractivity contribution in [3.8, 4) is 11.5 Å². The number of nitrogens with one attached hydrogen (secondary N) is 2. The third-order valence-corrected chi connectivity index (χ3v) is 4.20. The van der Waals surface area contributed by atoms with Gasteiger partial charge >= 0.3 is 0 Å². The van der Waals surface area contributed by atoms with E-state index in [4.69, 9.17) is 9.47 Å². The first-order valence-corrected chi connectivity index (χ1v) is 9.14. The molecule has 1 aromatic carbocycles. The van der Waals surface area contributed by atoms with Gasteiger partial charge in [0.05, 0.1) is 25.4 Å². The Kier molecular flexibility index (Phi) is 7.79. The van der Waals surface area contributed by atoms with Crippen molar-refractivity contribution in [3.63, 3.8) is 0 Å². The normalized spacial score (nSPS) is 11.1. The number of rotatable bonds is 11. The van der Waals surface area contributed by atoms with E-state index in [-0.39, 0.29) is 0 Å². The molecule has 0 saturated heterocycles. The second-order valence-electron chi connectivity index (χ2n) is 6.51. The minimum Gasteiger partial charge on any atom is -0.493 e. The molecule has 1 aromatic heterocycles. The molecule has 0 aliphatic rings. The van der Waals surface area contributed by atoms with Crippen molar-refractivity contribution in [1.82, 2.24) is 10.3 Å². The maximum Gasteiger partial charge on any atom is 0.170 e. The van der Waals surface area contributed by atoms with Gasteiger partial charge in [-0.2, -0.15) is 0 Å². The van der Waals surface area contributed by atoms with E-state index < -0.39 is 0 Å². The summed E-state index contributed by atoms with van der Waals surface area (Å²) in [6.45, 7) is 6.41. The zero-order valence-corrected chi connectivity index (χ0v) is 15.9. The predicted molar refractivity (Wildman–Crippen MR) is 105 cm³/mol. The maximum absolute atomic E-state index is 5.50. The van der Waals surface area contributed by atoms with Crippen LogP contribution in [0.25, 0.3) is 10.9 Å². The van der Waals surface area contributed by atoms with Gasteiger partial charge in [0.2, 0.25) is 0 Å². The summed E-state index contributed by atoms with van der Waals surface area (Å²) in [6.07, 6.45) is 6.67. The second-order valence-corrected chi connectivity index (χ2v) is 6.51. The van der Waals surface area contributed by atoms with Crippen molar-refractivity contribution in [2.75, 3.05) is 32.6 Å². The molecule has 5 nitrogen and oxygen atoms in total. The summed E-state index contributed by atoms with van der Waals surface area (Å²) in [6, 6.07) is 6.48. The van der Waals surface area contributed by atoms with Crippen molar-refractivity contribution in [2.45, 2.75) is 45.6 Å². The second kappa shape index (κ2) is 10.1. The van der Waals surface area contributed by atoms with Gasteiger partial charge in [-0.3, -0.25) is 4.98 Å². The molecule has 0 atom stereocenters. The Bertz CT molecular complexity index is 659. The molecular weight excluding hydrogens is 314 g/mol. The van der Waals surface area contributed by atoms with E-state index in [1.807, 2.05) is 18.2 Å². The Morgan fingerprint density at radius 3 is 2.48 bits per heavy atom. The number of nitrogens with zero attached hydrogens (tertiary/aromatic N) is 1. The van der Waals surface area contributed by atoms with Crippen LogP contribution < -0.4 is 20.1 Å². The zero-order valence-electron chi connectivity index (χ0n) is 15.9. The standard InChI is InChI=1S/C20H31N3O2/c1-15(2)21-11-7-5-6-8-12-22-17-14-18(24-3)20(25-4)16-10-9-13-23-19(16)17/h9-10,13-15,21-22H,5-8,11-12H2,1-4H3. The number of hydrogen-bond acceptors (Lipinski definition) is 5. The van der Waals surface area contributed by atoms with E-state index in [1.54, 1.807) is 20.4 Å². The molecule has 1 heterocycles. The average molecular weight is 345 g/mol. The number of methoxy groups -OCH3 is 2. The maximum atomic E-state index is 5.50. The quantitative estimate of drug-likeness (QED) is 0.597. The fourth-order valence-corrected chi connectivity index (χ4v) is 2.92. The summed E-state index contributed by atoms with van der Waals surface area (Å²) in [5.41, 5.74) is 1.91. The van der Waals surface area contributed by atoms with E-state index in [0.29, 0.717) is 6.04 Å². The molecule has 0 aliphatic carbocycles.